The van der Waals surface area contributed by atoms with Crippen LogP contribution >= 0.6 is 0 Å². The molecule has 0 amide bonds. The van der Waals surface area contributed by atoms with Crippen molar-refractivity contribution in [2.24, 2.45) is 5.92 Å². The Morgan fingerprint density at radius 2 is 1.73 bits per heavy atom. The quantitative estimate of drug-likeness (QED) is 0.515. The summed E-state index contributed by atoms with van der Waals surface area (Å²) in [6.45, 7) is 10.4. The van der Waals surface area contributed by atoms with Gasteiger partial charge in [-0.25, -0.2) is 0 Å². The largest absolute Gasteiger partial charge is 0.295 e. The van der Waals surface area contributed by atoms with Crippen LogP contribution in [-0.4, -0.2) is 5.78 Å². The molecule has 22 heavy (non-hydrogen) atoms. The fourth-order valence-electron chi connectivity index (χ4n) is 3.05. The molecule has 0 bridgehead atoms. The van der Waals surface area contributed by atoms with Gasteiger partial charge in [0.25, 0.3) is 0 Å². The van der Waals surface area contributed by atoms with E-state index in [2.05, 4.69) is 52.0 Å². The zero-order valence-corrected chi connectivity index (χ0v) is 14.6. The average Bonchev–Trinajstić information content (AvgIpc) is 3.26. The Morgan fingerprint density at radius 3 is 2.27 bits per heavy atom. The van der Waals surface area contributed by atoms with Crippen LogP contribution in [0, 0.1) is 19.8 Å². The molecule has 0 aliphatic heterocycles. The summed E-state index contributed by atoms with van der Waals surface area (Å²) in [6, 6.07) is 4.64. The highest BCUT2D eigenvalue weighted by Gasteiger charge is 2.27. The number of Topliss-reactive ketones (excluding diaryl/α,β-unsaturated/α-hetero) is 1. The molecule has 1 aliphatic rings. The van der Waals surface area contributed by atoms with E-state index in [-0.39, 0.29) is 5.78 Å². The predicted octanol–water partition coefficient (Wildman–Crippen LogP) is 5.28. The molecule has 1 nitrogen and oxygen atoms in total. The van der Waals surface area contributed by atoms with Crippen LogP contribution in [0.25, 0.3) is 0 Å². The van der Waals surface area contributed by atoms with Crippen LogP contribution < -0.4 is 0 Å². The molecular formula is C21H28O. The van der Waals surface area contributed by atoms with E-state index >= 15 is 0 Å². The molecule has 0 aromatic heterocycles. The van der Waals surface area contributed by atoms with Gasteiger partial charge in [0.2, 0.25) is 0 Å². The number of hydrogen-bond acceptors (Lipinski definition) is 1. The number of benzene rings is 1. The molecule has 0 N–H and O–H groups in total. The van der Waals surface area contributed by atoms with Crippen molar-refractivity contribution in [3.63, 3.8) is 0 Å². The number of carbonyl (C=O) groups is 1. The zero-order chi connectivity index (χ0) is 16.3. The fraction of sp³-hybridized carbons (Fsp3) is 0.476. The molecule has 2 rings (SSSR count). The topological polar surface area (TPSA) is 17.1 Å². The molecule has 1 aromatic rings. The number of carbonyl (C=O) groups excluding carboxylic acids is 1. The Labute approximate surface area is 135 Å². The van der Waals surface area contributed by atoms with Crippen molar-refractivity contribution in [2.45, 2.75) is 60.3 Å². The summed E-state index contributed by atoms with van der Waals surface area (Å²) >= 11 is 0. The van der Waals surface area contributed by atoms with E-state index in [4.69, 9.17) is 0 Å². The first-order valence-electron chi connectivity index (χ1n) is 8.39. The summed E-state index contributed by atoms with van der Waals surface area (Å²) in [5, 5.41) is 0. The van der Waals surface area contributed by atoms with Crippen LogP contribution in [0.1, 0.15) is 55.9 Å². The van der Waals surface area contributed by atoms with Gasteiger partial charge in [0.1, 0.15) is 0 Å². The van der Waals surface area contributed by atoms with Crippen molar-refractivity contribution in [3.8, 4) is 0 Å². The lowest BCUT2D eigenvalue weighted by Gasteiger charge is -2.11. The van der Waals surface area contributed by atoms with E-state index in [1.54, 1.807) is 6.92 Å². The van der Waals surface area contributed by atoms with Gasteiger partial charge in [-0.2, -0.15) is 0 Å². The molecule has 0 radical (unpaired) electrons. The predicted molar refractivity (Wildman–Crippen MR) is 94.2 cm³/mol. The normalized spacial score (nSPS) is 16.0. The summed E-state index contributed by atoms with van der Waals surface area (Å²) in [5.41, 5.74) is 7.91. The standard InChI is InChI=1S/C21H28O/c1-6-18-13-20(16(4)12-15(18)3)11-14(2)7-10-21(17(5)22)19-8-9-19/h7,10,12-13,19H,6,8-9,11H2,1-5H3/b14-7+,21-10-. The van der Waals surface area contributed by atoms with Gasteiger partial charge in [-0.3, -0.25) is 4.79 Å². The fourth-order valence-corrected chi connectivity index (χ4v) is 3.05. The van der Waals surface area contributed by atoms with Gasteiger partial charge in [-0.05, 0) is 87.1 Å². The third kappa shape index (κ3) is 4.19. The number of allylic oxidation sites excluding steroid dienone is 4. The second-order valence-electron chi connectivity index (χ2n) is 6.70. The maximum absolute atomic E-state index is 11.7. The lowest BCUT2D eigenvalue weighted by Crippen LogP contribution is -1.99. The second kappa shape index (κ2) is 7.09. The van der Waals surface area contributed by atoms with Crippen LogP contribution in [0.3, 0.4) is 0 Å². The van der Waals surface area contributed by atoms with Gasteiger partial charge in [0, 0.05) is 0 Å². The minimum Gasteiger partial charge on any atom is -0.295 e. The summed E-state index contributed by atoms with van der Waals surface area (Å²) in [6.07, 6.45) is 8.59. The molecule has 0 unspecified atom stereocenters. The van der Waals surface area contributed by atoms with Gasteiger partial charge >= 0.3 is 0 Å². The maximum atomic E-state index is 11.7. The van der Waals surface area contributed by atoms with Crippen LogP contribution in [0.2, 0.25) is 0 Å². The first-order valence-corrected chi connectivity index (χ1v) is 8.39. The van der Waals surface area contributed by atoms with Crippen molar-refractivity contribution in [2.75, 3.05) is 0 Å². The highest BCUT2D eigenvalue weighted by atomic mass is 16.1. The number of ketones is 1. The molecule has 0 heterocycles. The van der Waals surface area contributed by atoms with Crippen molar-refractivity contribution in [3.05, 3.63) is 57.7 Å². The van der Waals surface area contributed by atoms with Gasteiger partial charge in [0.05, 0.1) is 0 Å². The lowest BCUT2D eigenvalue weighted by molar-refractivity contribution is -0.113. The van der Waals surface area contributed by atoms with E-state index < -0.39 is 0 Å². The van der Waals surface area contributed by atoms with Crippen molar-refractivity contribution in [1.29, 1.82) is 0 Å². The van der Waals surface area contributed by atoms with Crippen LogP contribution in [0.15, 0.2) is 35.4 Å². The van der Waals surface area contributed by atoms with E-state index in [1.807, 2.05) is 0 Å². The molecule has 1 saturated carbocycles. The van der Waals surface area contributed by atoms with E-state index in [0.717, 1.165) is 18.4 Å². The molecule has 0 atom stereocenters. The summed E-state index contributed by atoms with van der Waals surface area (Å²) in [5.74, 6) is 0.751. The summed E-state index contributed by atoms with van der Waals surface area (Å²) in [7, 11) is 0. The highest BCUT2D eigenvalue weighted by molar-refractivity contribution is 5.94. The lowest BCUT2D eigenvalue weighted by atomic mass is 9.94. The molecule has 0 spiro atoms. The molecule has 1 heteroatoms. The molecule has 1 fully saturated rings. The summed E-state index contributed by atoms with van der Waals surface area (Å²) < 4.78 is 0. The van der Waals surface area contributed by atoms with Crippen molar-refractivity contribution >= 4 is 5.78 Å². The van der Waals surface area contributed by atoms with E-state index in [0.29, 0.717) is 5.92 Å². The smallest absolute Gasteiger partial charge is 0.156 e. The third-order valence-corrected chi connectivity index (χ3v) is 4.62. The Morgan fingerprint density at radius 1 is 1.09 bits per heavy atom. The van der Waals surface area contributed by atoms with Gasteiger partial charge in [-0.15, -0.1) is 0 Å². The Hall–Kier alpha value is -1.63. The Balaban J connectivity index is 2.17. The zero-order valence-electron chi connectivity index (χ0n) is 14.6. The molecule has 118 valence electrons. The van der Waals surface area contributed by atoms with Crippen LogP contribution in [0.4, 0.5) is 0 Å². The highest BCUT2D eigenvalue weighted by Crippen LogP contribution is 2.36. The second-order valence-corrected chi connectivity index (χ2v) is 6.70. The molecule has 0 saturated heterocycles. The third-order valence-electron chi connectivity index (χ3n) is 4.62. The average molecular weight is 296 g/mol. The molecule has 1 aliphatic carbocycles. The van der Waals surface area contributed by atoms with Crippen LogP contribution in [0.5, 0.6) is 0 Å². The maximum Gasteiger partial charge on any atom is 0.156 e. The Bertz CT molecular complexity index is 628. The molecule has 1 aromatic carbocycles. The van der Waals surface area contributed by atoms with Crippen molar-refractivity contribution < 1.29 is 4.79 Å². The van der Waals surface area contributed by atoms with Crippen LogP contribution in [-0.2, 0) is 17.6 Å². The monoisotopic (exact) mass is 296 g/mol. The number of hydrogen-bond donors (Lipinski definition) is 0. The van der Waals surface area contributed by atoms with Crippen molar-refractivity contribution in [1.82, 2.24) is 0 Å². The molecular weight excluding hydrogens is 268 g/mol. The van der Waals surface area contributed by atoms with Gasteiger partial charge < -0.3 is 0 Å². The van der Waals surface area contributed by atoms with E-state index in [9.17, 15) is 4.79 Å². The minimum absolute atomic E-state index is 0.228. The Kier molecular flexibility index (Phi) is 5.39. The van der Waals surface area contributed by atoms with E-state index in [1.165, 1.54) is 40.7 Å². The number of rotatable bonds is 6. The first-order chi connectivity index (χ1) is 10.4. The van der Waals surface area contributed by atoms with Gasteiger partial charge in [-0.1, -0.05) is 36.8 Å². The summed E-state index contributed by atoms with van der Waals surface area (Å²) in [4.78, 5) is 11.7. The minimum atomic E-state index is 0.228. The first kappa shape index (κ1) is 16.7. The number of aryl methyl sites for hydroxylation is 3. The van der Waals surface area contributed by atoms with Gasteiger partial charge in [0.15, 0.2) is 5.78 Å². The SMILES string of the molecule is CCc1cc(C/C(C)=C/C=C(/C(C)=O)C2CC2)c(C)cc1C.